The molecule has 0 rings (SSSR count). The molecule has 0 heterocycles. The van der Waals surface area contributed by atoms with Crippen molar-refractivity contribution >= 4 is 11.9 Å². The summed E-state index contributed by atoms with van der Waals surface area (Å²) in [5.41, 5.74) is 1.06. The molecule has 0 bridgehead atoms. The van der Waals surface area contributed by atoms with Gasteiger partial charge in [0.05, 0.1) is 7.11 Å². The minimum absolute atomic E-state index is 0.248. The van der Waals surface area contributed by atoms with E-state index in [9.17, 15) is 9.59 Å². The highest BCUT2D eigenvalue weighted by atomic mass is 16.5. The summed E-state index contributed by atoms with van der Waals surface area (Å²) >= 11 is 0. The van der Waals surface area contributed by atoms with Gasteiger partial charge in [-0.3, -0.25) is 4.79 Å². The van der Waals surface area contributed by atoms with Crippen LogP contribution < -0.4 is 5.32 Å². The van der Waals surface area contributed by atoms with Gasteiger partial charge in [-0.1, -0.05) is 6.92 Å². The molecule has 0 aliphatic heterocycles. The number of amides is 1. The van der Waals surface area contributed by atoms with Crippen LogP contribution in [-0.2, 0) is 14.3 Å². The quantitative estimate of drug-likeness (QED) is 0.526. The molecule has 0 spiro atoms. The molecule has 0 fully saturated rings. The summed E-state index contributed by atoms with van der Waals surface area (Å²) in [6.45, 7) is 5.04. The van der Waals surface area contributed by atoms with Crippen LogP contribution in [0.25, 0.3) is 0 Å². The second-order valence-electron chi connectivity index (χ2n) is 2.68. The van der Waals surface area contributed by atoms with E-state index in [0.717, 1.165) is 5.57 Å². The van der Waals surface area contributed by atoms with Gasteiger partial charge in [0, 0.05) is 6.92 Å². The van der Waals surface area contributed by atoms with Crippen LogP contribution in [0.3, 0.4) is 0 Å². The lowest BCUT2D eigenvalue weighted by Gasteiger charge is -2.08. The van der Waals surface area contributed by atoms with Crippen LogP contribution in [0.5, 0.6) is 0 Å². The van der Waals surface area contributed by atoms with E-state index in [1.165, 1.54) is 14.0 Å². The van der Waals surface area contributed by atoms with Crippen molar-refractivity contribution in [1.29, 1.82) is 0 Å². The maximum absolute atomic E-state index is 11.2. The van der Waals surface area contributed by atoms with Gasteiger partial charge in [-0.2, -0.15) is 0 Å². The molecule has 0 aliphatic carbocycles. The van der Waals surface area contributed by atoms with Gasteiger partial charge in [0.25, 0.3) is 0 Å². The molecule has 13 heavy (non-hydrogen) atoms. The number of esters is 1. The molecule has 1 N–H and O–H groups in total. The summed E-state index contributed by atoms with van der Waals surface area (Å²) in [5, 5.41) is 2.45. The van der Waals surface area contributed by atoms with Crippen molar-refractivity contribution < 1.29 is 14.3 Å². The largest absolute Gasteiger partial charge is 0.464 e. The fourth-order valence-electron chi connectivity index (χ4n) is 0.787. The minimum atomic E-state index is -0.505. The summed E-state index contributed by atoms with van der Waals surface area (Å²) < 4.78 is 4.52. The summed E-state index contributed by atoms with van der Waals surface area (Å²) in [6, 6.07) is 0. The van der Waals surface area contributed by atoms with Gasteiger partial charge < -0.3 is 10.1 Å². The predicted octanol–water partition coefficient (Wildman–Crippen LogP) is 0.979. The van der Waals surface area contributed by atoms with Crippen LogP contribution in [0.4, 0.5) is 0 Å². The zero-order valence-corrected chi connectivity index (χ0v) is 8.43. The summed E-state index contributed by atoms with van der Waals surface area (Å²) in [6.07, 6.45) is 0.699. The van der Waals surface area contributed by atoms with Gasteiger partial charge in [-0.25, -0.2) is 4.79 Å². The molecule has 4 heteroatoms. The van der Waals surface area contributed by atoms with Crippen LogP contribution >= 0.6 is 0 Å². The smallest absolute Gasteiger partial charge is 0.354 e. The number of hydrogen-bond acceptors (Lipinski definition) is 3. The Bertz CT molecular complexity index is 243. The standard InChI is InChI=1S/C9H15NO3/c1-5-6(2)8(9(12)13-4)10-7(3)11/h5H2,1-4H3,(H,10,11)/b8-6+. The molecule has 74 valence electrons. The van der Waals surface area contributed by atoms with Gasteiger partial charge in [0.15, 0.2) is 0 Å². The second kappa shape index (κ2) is 5.35. The molecule has 0 unspecified atom stereocenters. The Morgan fingerprint density at radius 2 is 1.85 bits per heavy atom. The van der Waals surface area contributed by atoms with E-state index in [-0.39, 0.29) is 11.6 Å². The Labute approximate surface area is 78.0 Å². The number of rotatable bonds is 3. The predicted molar refractivity (Wildman–Crippen MR) is 48.8 cm³/mol. The number of nitrogens with one attached hydrogen (secondary N) is 1. The molecule has 0 aromatic heterocycles. The lowest BCUT2D eigenvalue weighted by Crippen LogP contribution is -2.27. The second-order valence-corrected chi connectivity index (χ2v) is 2.68. The minimum Gasteiger partial charge on any atom is -0.464 e. The number of hydrogen-bond donors (Lipinski definition) is 1. The van der Waals surface area contributed by atoms with Crippen LogP contribution in [0.2, 0.25) is 0 Å². The third-order valence-corrected chi connectivity index (χ3v) is 1.65. The van der Waals surface area contributed by atoms with Crippen molar-refractivity contribution in [3.05, 3.63) is 11.3 Å². The van der Waals surface area contributed by atoms with Crippen molar-refractivity contribution in [3.8, 4) is 0 Å². The van der Waals surface area contributed by atoms with Crippen molar-refractivity contribution in [3.63, 3.8) is 0 Å². The first kappa shape index (κ1) is 11.7. The number of carbonyl (C=O) groups is 2. The summed E-state index contributed by atoms with van der Waals surface area (Å²) in [4.78, 5) is 21.9. The van der Waals surface area contributed by atoms with E-state index in [1.807, 2.05) is 6.92 Å². The SMILES string of the molecule is CC/C(C)=C(/NC(C)=O)C(=O)OC. The fraction of sp³-hybridized carbons (Fsp3) is 0.556. The molecule has 0 saturated heterocycles. The van der Waals surface area contributed by atoms with Crippen LogP contribution in [0.15, 0.2) is 11.3 Å². The van der Waals surface area contributed by atoms with Gasteiger partial charge in [0.1, 0.15) is 5.70 Å². The van der Waals surface area contributed by atoms with Gasteiger partial charge >= 0.3 is 5.97 Å². The average molecular weight is 185 g/mol. The molecule has 1 amide bonds. The first-order valence-electron chi connectivity index (χ1n) is 4.08. The Kier molecular flexibility index (Phi) is 4.80. The highest BCUT2D eigenvalue weighted by Gasteiger charge is 2.13. The highest BCUT2D eigenvalue weighted by Crippen LogP contribution is 2.06. The lowest BCUT2D eigenvalue weighted by molar-refractivity contribution is -0.137. The number of methoxy groups -OCH3 is 1. The maximum atomic E-state index is 11.2. The third-order valence-electron chi connectivity index (χ3n) is 1.65. The average Bonchev–Trinajstić information content (AvgIpc) is 2.11. The Morgan fingerprint density at radius 1 is 1.31 bits per heavy atom. The van der Waals surface area contributed by atoms with E-state index in [0.29, 0.717) is 6.42 Å². The molecule has 0 aromatic carbocycles. The number of allylic oxidation sites excluding steroid dienone is 1. The molecule has 0 aromatic rings. The van der Waals surface area contributed by atoms with Crippen molar-refractivity contribution in [2.75, 3.05) is 7.11 Å². The normalized spacial score (nSPS) is 11.7. The van der Waals surface area contributed by atoms with E-state index in [4.69, 9.17) is 0 Å². The fourth-order valence-corrected chi connectivity index (χ4v) is 0.787. The van der Waals surface area contributed by atoms with E-state index < -0.39 is 5.97 Å². The number of carbonyl (C=O) groups excluding carboxylic acids is 2. The molecule has 0 aliphatic rings. The van der Waals surface area contributed by atoms with Gasteiger partial charge in [0.2, 0.25) is 5.91 Å². The monoisotopic (exact) mass is 185 g/mol. The van der Waals surface area contributed by atoms with Crippen LogP contribution in [0.1, 0.15) is 27.2 Å². The van der Waals surface area contributed by atoms with Crippen molar-refractivity contribution in [2.45, 2.75) is 27.2 Å². The van der Waals surface area contributed by atoms with Crippen LogP contribution in [-0.4, -0.2) is 19.0 Å². The van der Waals surface area contributed by atoms with Crippen LogP contribution in [0, 0.1) is 0 Å². The third kappa shape index (κ3) is 3.73. The van der Waals surface area contributed by atoms with Gasteiger partial charge in [-0.05, 0) is 18.9 Å². The summed E-state index contributed by atoms with van der Waals surface area (Å²) in [5.74, 6) is -0.775. The summed E-state index contributed by atoms with van der Waals surface area (Å²) in [7, 11) is 1.28. The first-order valence-corrected chi connectivity index (χ1v) is 4.08. The molecule has 0 saturated carbocycles. The van der Waals surface area contributed by atoms with E-state index in [1.54, 1.807) is 6.92 Å². The Morgan fingerprint density at radius 3 is 2.15 bits per heavy atom. The van der Waals surface area contributed by atoms with E-state index in [2.05, 4.69) is 10.1 Å². The lowest BCUT2D eigenvalue weighted by atomic mass is 10.2. The first-order chi connectivity index (χ1) is 6.02. The number of ether oxygens (including phenoxy) is 1. The Balaban J connectivity index is 4.75. The molecule has 0 radical (unpaired) electrons. The molecule has 0 atom stereocenters. The zero-order valence-electron chi connectivity index (χ0n) is 8.43. The highest BCUT2D eigenvalue weighted by molar-refractivity contribution is 5.93. The van der Waals surface area contributed by atoms with Crippen molar-refractivity contribution in [1.82, 2.24) is 5.32 Å². The zero-order chi connectivity index (χ0) is 10.4. The molecule has 4 nitrogen and oxygen atoms in total. The maximum Gasteiger partial charge on any atom is 0.354 e. The Hall–Kier alpha value is -1.32. The van der Waals surface area contributed by atoms with Gasteiger partial charge in [-0.15, -0.1) is 0 Å². The molecular formula is C9H15NO3. The molecular weight excluding hydrogens is 170 g/mol. The topological polar surface area (TPSA) is 55.4 Å². The van der Waals surface area contributed by atoms with Crippen molar-refractivity contribution in [2.24, 2.45) is 0 Å². The van der Waals surface area contributed by atoms with E-state index >= 15 is 0 Å².